The molecule has 1 fully saturated rings. The van der Waals surface area contributed by atoms with Gasteiger partial charge in [-0.3, -0.25) is 0 Å². The summed E-state index contributed by atoms with van der Waals surface area (Å²) in [5.74, 6) is 0.561. The van der Waals surface area contributed by atoms with Gasteiger partial charge in [0.15, 0.2) is 0 Å². The topological polar surface area (TPSA) is 21.3 Å². The van der Waals surface area contributed by atoms with Gasteiger partial charge in [-0.1, -0.05) is 6.92 Å². The third kappa shape index (κ3) is 3.98. The lowest BCUT2D eigenvalue weighted by molar-refractivity contribution is 0.134. The molecular formula is C15H22FNO. The van der Waals surface area contributed by atoms with Gasteiger partial charge in [0, 0.05) is 6.04 Å². The van der Waals surface area contributed by atoms with Crippen LogP contribution in [0.5, 0.6) is 5.75 Å². The fraction of sp³-hybridized carbons (Fsp3) is 0.600. The first-order valence-corrected chi connectivity index (χ1v) is 6.93. The third-order valence-electron chi connectivity index (χ3n) is 3.43. The highest BCUT2D eigenvalue weighted by Crippen LogP contribution is 2.24. The molecule has 0 radical (unpaired) electrons. The maximum absolute atomic E-state index is 12.8. The number of hydrogen-bond acceptors (Lipinski definition) is 2. The lowest BCUT2D eigenvalue weighted by Crippen LogP contribution is -2.38. The maximum Gasteiger partial charge on any atom is 0.123 e. The highest BCUT2D eigenvalue weighted by Gasteiger charge is 2.22. The number of hydrogen-bond donors (Lipinski definition) is 1. The molecule has 1 aromatic rings. The highest BCUT2D eigenvalue weighted by molar-refractivity contribution is 5.22. The van der Waals surface area contributed by atoms with Crippen LogP contribution < -0.4 is 10.1 Å². The first kappa shape index (κ1) is 13.3. The van der Waals surface area contributed by atoms with E-state index in [1.54, 1.807) is 12.1 Å². The normalized spacial score (nSPS) is 23.9. The Hall–Kier alpha value is -1.09. The van der Waals surface area contributed by atoms with Crippen LogP contribution in [0.1, 0.15) is 39.0 Å². The van der Waals surface area contributed by atoms with Crippen LogP contribution in [-0.2, 0) is 0 Å². The molecule has 0 amide bonds. The van der Waals surface area contributed by atoms with E-state index in [1.165, 1.54) is 31.4 Å². The molecule has 1 aliphatic rings. The van der Waals surface area contributed by atoms with E-state index in [-0.39, 0.29) is 11.9 Å². The molecule has 2 atom stereocenters. The van der Waals surface area contributed by atoms with Crippen LogP contribution in [0.4, 0.5) is 4.39 Å². The lowest BCUT2D eigenvalue weighted by Gasteiger charge is -2.30. The zero-order valence-corrected chi connectivity index (χ0v) is 11.0. The van der Waals surface area contributed by atoms with Crippen LogP contribution in [0.2, 0.25) is 0 Å². The molecule has 100 valence electrons. The molecule has 2 unspecified atom stereocenters. The zero-order valence-electron chi connectivity index (χ0n) is 11.0. The fourth-order valence-electron chi connectivity index (χ4n) is 2.49. The number of ether oxygens (including phenoxy) is 1. The van der Waals surface area contributed by atoms with E-state index in [1.807, 2.05) is 0 Å². The van der Waals surface area contributed by atoms with Crippen molar-refractivity contribution in [2.75, 3.05) is 6.54 Å². The summed E-state index contributed by atoms with van der Waals surface area (Å²) in [6, 6.07) is 6.89. The Morgan fingerprint density at radius 2 is 2.06 bits per heavy atom. The van der Waals surface area contributed by atoms with E-state index < -0.39 is 0 Å². The Morgan fingerprint density at radius 1 is 1.28 bits per heavy atom. The second kappa shape index (κ2) is 6.74. The van der Waals surface area contributed by atoms with E-state index in [4.69, 9.17) is 4.74 Å². The molecule has 2 nitrogen and oxygen atoms in total. The smallest absolute Gasteiger partial charge is 0.123 e. The van der Waals surface area contributed by atoms with Gasteiger partial charge < -0.3 is 10.1 Å². The van der Waals surface area contributed by atoms with Gasteiger partial charge in [0.2, 0.25) is 0 Å². The second-order valence-corrected chi connectivity index (χ2v) is 5.01. The van der Waals surface area contributed by atoms with Crippen LogP contribution in [0, 0.1) is 5.82 Å². The van der Waals surface area contributed by atoms with Crippen molar-refractivity contribution in [1.29, 1.82) is 0 Å². The molecule has 3 heteroatoms. The van der Waals surface area contributed by atoms with Crippen LogP contribution in [0.25, 0.3) is 0 Å². The SMILES string of the molecule is CCCNC1CCCC(Oc2ccc(F)cc2)C1. The Bertz CT molecular complexity index is 352. The van der Waals surface area contributed by atoms with Gasteiger partial charge in [0.25, 0.3) is 0 Å². The van der Waals surface area contributed by atoms with E-state index in [9.17, 15) is 4.39 Å². The van der Waals surface area contributed by atoms with Crippen molar-refractivity contribution < 1.29 is 9.13 Å². The molecule has 0 spiro atoms. The monoisotopic (exact) mass is 251 g/mol. The molecular weight excluding hydrogens is 229 g/mol. The van der Waals surface area contributed by atoms with E-state index in [0.29, 0.717) is 6.04 Å². The van der Waals surface area contributed by atoms with Crippen molar-refractivity contribution in [2.45, 2.75) is 51.2 Å². The van der Waals surface area contributed by atoms with E-state index in [2.05, 4.69) is 12.2 Å². The molecule has 0 aromatic heterocycles. The number of nitrogens with one attached hydrogen (secondary N) is 1. The summed E-state index contributed by atoms with van der Waals surface area (Å²) in [6.07, 6.45) is 6.02. The number of halogens is 1. The standard InChI is InChI=1S/C15H22FNO/c1-2-10-17-13-4-3-5-15(11-13)18-14-8-6-12(16)7-9-14/h6-9,13,15,17H,2-5,10-11H2,1H3. The number of benzene rings is 1. The average Bonchev–Trinajstić information content (AvgIpc) is 2.40. The Morgan fingerprint density at radius 3 is 2.78 bits per heavy atom. The summed E-state index contributed by atoms with van der Waals surface area (Å²) >= 11 is 0. The molecule has 0 bridgehead atoms. The van der Waals surface area contributed by atoms with Crippen LogP contribution in [-0.4, -0.2) is 18.7 Å². The average molecular weight is 251 g/mol. The van der Waals surface area contributed by atoms with Crippen molar-refractivity contribution in [1.82, 2.24) is 5.32 Å². The van der Waals surface area contributed by atoms with Gasteiger partial charge in [-0.25, -0.2) is 4.39 Å². The largest absolute Gasteiger partial charge is 0.490 e. The van der Waals surface area contributed by atoms with Gasteiger partial charge in [0.1, 0.15) is 17.7 Å². The molecule has 0 saturated heterocycles. The van der Waals surface area contributed by atoms with Crippen molar-refractivity contribution in [3.8, 4) is 5.75 Å². The van der Waals surface area contributed by atoms with Crippen LogP contribution in [0.15, 0.2) is 24.3 Å². The summed E-state index contributed by atoms with van der Waals surface area (Å²) in [5.41, 5.74) is 0. The van der Waals surface area contributed by atoms with Crippen molar-refractivity contribution >= 4 is 0 Å². The third-order valence-corrected chi connectivity index (χ3v) is 3.43. The molecule has 0 aliphatic heterocycles. The van der Waals surface area contributed by atoms with Crippen molar-refractivity contribution in [3.63, 3.8) is 0 Å². The van der Waals surface area contributed by atoms with Gasteiger partial charge >= 0.3 is 0 Å². The van der Waals surface area contributed by atoms with Gasteiger partial charge in [0.05, 0.1) is 0 Å². The Balaban J connectivity index is 1.83. The first-order valence-electron chi connectivity index (χ1n) is 6.93. The summed E-state index contributed by atoms with van der Waals surface area (Å²) in [5, 5.41) is 3.56. The minimum absolute atomic E-state index is 0.214. The predicted octanol–water partition coefficient (Wildman–Crippen LogP) is 3.52. The number of rotatable bonds is 5. The molecule has 18 heavy (non-hydrogen) atoms. The predicted molar refractivity (Wildman–Crippen MR) is 71.4 cm³/mol. The quantitative estimate of drug-likeness (QED) is 0.864. The van der Waals surface area contributed by atoms with Gasteiger partial charge in [-0.05, 0) is 62.9 Å². The molecule has 1 N–H and O–H groups in total. The van der Waals surface area contributed by atoms with Gasteiger partial charge in [-0.15, -0.1) is 0 Å². The lowest BCUT2D eigenvalue weighted by atomic mass is 9.92. The van der Waals surface area contributed by atoms with Crippen molar-refractivity contribution in [3.05, 3.63) is 30.1 Å². The first-order chi connectivity index (χ1) is 8.78. The van der Waals surface area contributed by atoms with Crippen molar-refractivity contribution in [2.24, 2.45) is 0 Å². The second-order valence-electron chi connectivity index (χ2n) is 5.01. The minimum Gasteiger partial charge on any atom is -0.490 e. The van der Waals surface area contributed by atoms with E-state index in [0.717, 1.165) is 25.1 Å². The van der Waals surface area contributed by atoms with Crippen LogP contribution >= 0.6 is 0 Å². The molecule has 1 saturated carbocycles. The van der Waals surface area contributed by atoms with Crippen LogP contribution in [0.3, 0.4) is 0 Å². The molecule has 2 rings (SSSR count). The molecule has 0 heterocycles. The molecule has 1 aromatic carbocycles. The van der Waals surface area contributed by atoms with Gasteiger partial charge in [-0.2, -0.15) is 0 Å². The summed E-state index contributed by atoms with van der Waals surface area (Å²) in [6.45, 7) is 3.26. The highest BCUT2D eigenvalue weighted by atomic mass is 19.1. The summed E-state index contributed by atoms with van der Waals surface area (Å²) < 4.78 is 18.7. The minimum atomic E-state index is -0.214. The summed E-state index contributed by atoms with van der Waals surface area (Å²) in [7, 11) is 0. The Kier molecular flexibility index (Phi) is 5.00. The zero-order chi connectivity index (χ0) is 12.8. The summed E-state index contributed by atoms with van der Waals surface area (Å²) in [4.78, 5) is 0. The maximum atomic E-state index is 12.8. The molecule has 1 aliphatic carbocycles. The Labute approximate surface area is 109 Å². The fourth-order valence-corrected chi connectivity index (χ4v) is 2.49. The van der Waals surface area contributed by atoms with E-state index >= 15 is 0 Å².